The maximum atomic E-state index is 12.7. The van der Waals surface area contributed by atoms with Gasteiger partial charge in [0.25, 0.3) is 0 Å². The molecular weight excluding hydrogens is 326 g/mol. The number of benzene rings is 1. The van der Waals surface area contributed by atoms with Crippen LogP contribution in [0.15, 0.2) is 18.3 Å². The van der Waals surface area contributed by atoms with Gasteiger partial charge in [-0.2, -0.15) is 13.2 Å². The third kappa shape index (κ3) is 3.68. The first kappa shape index (κ1) is 16.1. The summed E-state index contributed by atoms with van der Waals surface area (Å²) in [6, 6.07) is 1.66. The van der Waals surface area contributed by atoms with E-state index in [0.29, 0.717) is 0 Å². The number of aryl methyl sites for hydroxylation is 1. The van der Waals surface area contributed by atoms with E-state index in [1.807, 2.05) is 6.92 Å². The molecule has 1 aromatic heterocycles. The highest BCUT2D eigenvalue weighted by Crippen LogP contribution is 2.37. The van der Waals surface area contributed by atoms with Crippen LogP contribution in [0.25, 0.3) is 5.69 Å². The molecule has 0 amide bonds. The van der Waals surface area contributed by atoms with Gasteiger partial charge in [0.2, 0.25) is 0 Å². The van der Waals surface area contributed by atoms with E-state index >= 15 is 0 Å². The number of hydrogen-bond donors (Lipinski definition) is 0. The van der Waals surface area contributed by atoms with Crippen molar-refractivity contribution in [2.75, 3.05) is 0 Å². The van der Waals surface area contributed by atoms with Crippen molar-refractivity contribution < 1.29 is 13.2 Å². The molecule has 0 spiro atoms. The summed E-state index contributed by atoms with van der Waals surface area (Å²) in [7, 11) is 0. The summed E-state index contributed by atoms with van der Waals surface area (Å²) in [4.78, 5) is 0. The van der Waals surface area contributed by atoms with Gasteiger partial charge in [0.05, 0.1) is 27.5 Å². The molecule has 0 unspecified atom stereocenters. The first-order valence-electron chi connectivity index (χ1n) is 6.30. The van der Waals surface area contributed by atoms with Gasteiger partial charge in [-0.05, 0) is 25.0 Å². The van der Waals surface area contributed by atoms with Crippen LogP contribution in [0.5, 0.6) is 0 Å². The van der Waals surface area contributed by atoms with Crippen LogP contribution in [0.3, 0.4) is 0 Å². The lowest BCUT2D eigenvalue weighted by molar-refractivity contribution is -0.137. The normalized spacial score (nSPS) is 11.9. The molecule has 0 aliphatic rings. The maximum absolute atomic E-state index is 12.7. The highest BCUT2D eigenvalue weighted by atomic mass is 35.5. The van der Waals surface area contributed by atoms with Gasteiger partial charge in [0.15, 0.2) is 0 Å². The molecule has 114 valence electrons. The average Bonchev–Trinajstić information content (AvgIpc) is 2.83. The fourth-order valence-corrected chi connectivity index (χ4v) is 2.49. The lowest BCUT2D eigenvalue weighted by Gasteiger charge is -2.11. The fraction of sp³-hybridized carbons (Fsp3) is 0.385. The molecule has 21 heavy (non-hydrogen) atoms. The van der Waals surface area contributed by atoms with Crippen LogP contribution in [0.1, 0.15) is 31.0 Å². The number of aromatic nitrogens is 3. The van der Waals surface area contributed by atoms with Gasteiger partial charge in [-0.3, -0.25) is 0 Å². The Kier molecular flexibility index (Phi) is 4.78. The Morgan fingerprint density at radius 3 is 2.33 bits per heavy atom. The molecule has 1 aromatic carbocycles. The van der Waals surface area contributed by atoms with Crippen LogP contribution in [-0.2, 0) is 12.6 Å². The second kappa shape index (κ2) is 6.23. The number of halogens is 5. The highest BCUT2D eigenvalue weighted by Gasteiger charge is 2.32. The molecule has 0 radical (unpaired) electrons. The summed E-state index contributed by atoms with van der Waals surface area (Å²) in [6.45, 7) is 2.05. The molecule has 0 aliphatic heterocycles. The minimum Gasteiger partial charge on any atom is -0.217 e. The summed E-state index contributed by atoms with van der Waals surface area (Å²) in [5, 5.41) is 7.58. The van der Waals surface area contributed by atoms with Crippen LogP contribution in [0.2, 0.25) is 10.0 Å². The Bertz CT molecular complexity index is 615. The van der Waals surface area contributed by atoms with Gasteiger partial charge >= 0.3 is 6.18 Å². The van der Waals surface area contributed by atoms with Crippen molar-refractivity contribution >= 4 is 23.2 Å². The van der Waals surface area contributed by atoms with E-state index in [4.69, 9.17) is 23.2 Å². The Morgan fingerprint density at radius 1 is 1.19 bits per heavy atom. The van der Waals surface area contributed by atoms with Crippen LogP contribution in [-0.4, -0.2) is 15.0 Å². The minimum absolute atomic E-state index is 0.123. The molecule has 3 nitrogen and oxygen atoms in total. The first-order chi connectivity index (χ1) is 9.82. The predicted molar refractivity (Wildman–Crippen MR) is 75.0 cm³/mol. The predicted octanol–water partition coefficient (Wildman–Crippen LogP) is 4.94. The topological polar surface area (TPSA) is 30.7 Å². The van der Waals surface area contributed by atoms with E-state index in [-0.39, 0.29) is 15.7 Å². The summed E-state index contributed by atoms with van der Waals surface area (Å²) < 4.78 is 39.3. The summed E-state index contributed by atoms with van der Waals surface area (Å²) in [5.41, 5.74) is 0.0398. The summed E-state index contributed by atoms with van der Waals surface area (Å²) >= 11 is 11.8. The van der Waals surface area contributed by atoms with Crippen molar-refractivity contribution in [1.29, 1.82) is 0 Å². The summed E-state index contributed by atoms with van der Waals surface area (Å²) in [6.07, 6.45) is -0.176. The van der Waals surface area contributed by atoms with E-state index in [9.17, 15) is 13.2 Å². The number of alkyl halides is 3. The molecule has 0 fully saturated rings. The van der Waals surface area contributed by atoms with Gasteiger partial charge in [-0.1, -0.05) is 41.8 Å². The third-order valence-electron chi connectivity index (χ3n) is 2.90. The molecule has 0 atom stereocenters. The molecule has 0 N–H and O–H groups in total. The third-order valence-corrected chi connectivity index (χ3v) is 3.48. The van der Waals surface area contributed by atoms with Crippen LogP contribution < -0.4 is 0 Å². The second-order valence-corrected chi connectivity index (χ2v) is 5.36. The monoisotopic (exact) mass is 337 g/mol. The second-order valence-electron chi connectivity index (χ2n) is 4.54. The van der Waals surface area contributed by atoms with Crippen LogP contribution in [0, 0.1) is 0 Å². The van der Waals surface area contributed by atoms with Gasteiger partial charge in [-0.15, -0.1) is 5.10 Å². The maximum Gasteiger partial charge on any atom is 0.416 e. The number of nitrogens with zero attached hydrogens (tertiary/aromatic N) is 3. The quantitative estimate of drug-likeness (QED) is 0.791. The molecule has 0 bridgehead atoms. The molecule has 0 saturated heterocycles. The van der Waals surface area contributed by atoms with Crippen molar-refractivity contribution in [2.45, 2.75) is 32.4 Å². The van der Waals surface area contributed by atoms with Crippen LogP contribution in [0.4, 0.5) is 13.2 Å². The van der Waals surface area contributed by atoms with E-state index in [0.717, 1.165) is 37.1 Å². The smallest absolute Gasteiger partial charge is 0.217 e. The SMILES string of the molecule is CCCCc1cn(-c2c(Cl)cc(C(F)(F)F)cc2Cl)nn1. The standard InChI is InChI=1S/C13H12Cl2F3N3/c1-2-3-4-9-7-21(20-19-9)12-10(14)5-8(6-11(12)15)13(16,17)18/h5-7H,2-4H2,1H3. The minimum atomic E-state index is -4.50. The van der Waals surface area contributed by atoms with Crippen molar-refractivity contribution in [3.05, 3.63) is 39.6 Å². The van der Waals surface area contributed by atoms with Crippen molar-refractivity contribution in [3.63, 3.8) is 0 Å². The van der Waals surface area contributed by atoms with Crippen molar-refractivity contribution in [2.24, 2.45) is 0 Å². The average molecular weight is 338 g/mol. The van der Waals surface area contributed by atoms with Crippen molar-refractivity contribution in [3.8, 4) is 5.69 Å². The number of rotatable bonds is 4. The zero-order valence-corrected chi connectivity index (χ0v) is 12.6. The van der Waals surface area contributed by atoms with E-state index in [1.165, 1.54) is 4.68 Å². The molecular formula is C13H12Cl2F3N3. The Morgan fingerprint density at radius 2 is 1.81 bits per heavy atom. The van der Waals surface area contributed by atoms with Gasteiger partial charge in [0, 0.05) is 0 Å². The Labute approximate surface area is 129 Å². The molecule has 1 heterocycles. The molecule has 2 rings (SSSR count). The molecule has 0 aliphatic carbocycles. The lowest BCUT2D eigenvalue weighted by atomic mass is 10.2. The van der Waals surface area contributed by atoms with Gasteiger partial charge < -0.3 is 0 Å². The Balaban J connectivity index is 2.38. The molecule has 0 saturated carbocycles. The van der Waals surface area contributed by atoms with E-state index < -0.39 is 11.7 Å². The van der Waals surface area contributed by atoms with Gasteiger partial charge in [0.1, 0.15) is 5.69 Å². The van der Waals surface area contributed by atoms with E-state index in [1.54, 1.807) is 6.20 Å². The van der Waals surface area contributed by atoms with Gasteiger partial charge in [-0.25, -0.2) is 4.68 Å². The van der Waals surface area contributed by atoms with E-state index in [2.05, 4.69) is 10.3 Å². The first-order valence-corrected chi connectivity index (χ1v) is 7.06. The number of hydrogen-bond acceptors (Lipinski definition) is 2. The molecule has 8 heteroatoms. The molecule has 2 aromatic rings. The zero-order valence-electron chi connectivity index (χ0n) is 11.1. The zero-order chi connectivity index (χ0) is 15.6. The Hall–Kier alpha value is -1.27. The largest absolute Gasteiger partial charge is 0.416 e. The lowest BCUT2D eigenvalue weighted by Crippen LogP contribution is -2.07. The number of unbranched alkanes of at least 4 members (excludes halogenated alkanes) is 1. The fourth-order valence-electron chi connectivity index (χ4n) is 1.83. The van der Waals surface area contributed by atoms with Crippen molar-refractivity contribution in [1.82, 2.24) is 15.0 Å². The van der Waals surface area contributed by atoms with Crippen LogP contribution >= 0.6 is 23.2 Å². The summed E-state index contributed by atoms with van der Waals surface area (Å²) in [5.74, 6) is 0. The highest BCUT2D eigenvalue weighted by molar-refractivity contribution is 6.37.